The fraction of sp³-hybridized carbons (Fsp3) is 0.385. The summed E-state index contributed by atoms with van der Waals surface area (Å²) in [6.07, 6.45) is 6.44. The van der Waals surface area contributed by atoms with Crippen LogP contribution in [-0.2, 0) is 13.0 Å². The maximum Gasteiger partial charge on any atom is 0.340 e. The lowest BCUT2D eigenvalue weighted by atomic mass is 10.2. The molecule has 0 amide bonds. The van der Waals surface area contributed by atoms with Crippen LogP contribution >= 0.6 is 11.6 Å². The lowest BCUT2D eigenvalue weighted by Crippen LogP contribution is -2.05. The van der Waals surface area contributed by atoms with Crippen molar-refractivity contribution in [2.45, 2.75) is 32.7 Å². The first kappa shape index (κ1) is 14.6. The molecule has 0 saturated carbocycles. The highest BCUT2D eigenvalue weighted by molar-refractivity contribution is 6.31. The number of aromatic nitrogens is 7. The van der Waals surface area contributed by atoms with Crippen molar-refractivity contribution in [3.05, 3.63) is 39.7 Å². The van der Waals surface area contributed by atoms with Gasteiger partial charge in [0.2, 0.25) is 0 Å². The van der Waals surface area contributed by atoms with Crippen molar-refractivity contribution in [1.82, 2.24) is 34.7 Å². The smallest absolute Gasteiger partial charge is 0.332 e. The summed E-state index contributed by atoms with van der Waals surface area (Å²) in [6, 6.07) is 0. The van der Waals surface area contributed by atoms with E-state index in [-0.39, 0.29) is 5.69 Å². The van der Waals surface area contributed by atoms with Crippen molar-refractivity contribution in [2.75, 3.05) is 0 Å². The molecule has 0 aromatic carbocycles. The van der Waals surface area contributed by atoms with Crippen LogP contribution in [0.25, 0.3) is 11.5 Å². The van der Waals surface area contributed by atoms with E-state index in [2.05, 4.69) is 37.1 Å². The molecule has 0 fully saturated rings. The van der Waals surface area contributed by atoms with Gasteiger partial charge < -0.3 is 9.55 Å². The highest BCUT2D eigenvalue weighted by Gasteiger charge is 2.16. The molecular formula is C13H16ClN7O. The number of unbranched alkanes of at least 4 members (excludes halogenated alkanes) is 1. The molecule has 3 heterocycles. The summed E-state index contributed by atoms with van der Waals surface area (Å²) < 4.78 is 1.83. The van der Waals surface area contributed by atoms with Crippen LogP contribution in [0.4, 0.5) is 0 Å². The van der Waals surface area contributed by atoms with E-state index in [1.165, 1.54) is 0 Å². The van der Waals surface area contributed by atoms with Gasteiger partial charge in [0.25, 0.3) is 0 Å². The molecule has 3 N–H and O–H groups in total. The molecule has 3 aromatic rings. The largest absolute Gasteiger partial charge is 0.340 e. The van der Waals surface area contributed by atoms with E-state index in [9.17, 15) is 4.79 Å². The summed E-state index contributed by atoms with van der Waals surface area (Å²) >= 11 is 6.24. The summed E-state index contributed by atoms with van der Waals surface area (Å²) in [5, 5.41) is 6.69. The van der Waals surface area contributed by atoms with Gasteiger partial charge in [0, 0.05) is 18.8 Å². The molecular weight excluding hydrogens is 306 g/mol. The number of rotatable bonds is 6. The zero-order chi connectivity index (χ0) is 15.5. The predicted octanol–water partition coefficient (Wildman–Crippen LogP) is 1.73. The summed E-state index contributed by atoms with van der Waals surface area (Å²) in [6.45, 7) is 2.50. The zero-order valence-corrected chi connectivity index (χ0v) is 12.8. The molecule has 9 heteroatoms. The minimum absolute atomic E-state index is 0.337. The number of nitrogens with one attached hydrogen (secondary N) is 3. The van der Waals surface area contributed by atoms with E-state index in [0.29, 0.717) is 29.0 Å². The molecule has 0 spiro atoms. The van der Waals surface area contributed by atoms with Crippen molar-refractivity contribution in [1.29, 1.82) is 0 Å². The minimum Gasteiger partial charge on any atom is -0.332 e. The number of nitrogens with zero attached hydrogens (tertiary/aromatic N) is 4. The van der Waals surface area contributed by atoms with Crippen molar-refractivity contribution in [3.8, 4) is 11.5 Å². The molecule has 8 nitrogen and oxygen atoms in total. The highest BCUT2D eigenvalue weighted by Crippen LogP contribution is 2.25. The minimum atomic E-state index is -0.337. The first-order chi connectivity index (χ1) is 10.7. The summed E-state index contributed by atoms with van der Waals surface area (Å²) in [5.41, 5.74) is 0.270. The normalized spacial score (nSPS) is 11.2. The molecule has 116 valence electrons. The lowest BCUT2D eigenvalue weighted by Gasteiger charge is -2.03. The predicted molar refractivity (Wildman–Crippen MR) is 81.7 cm³/mol. The van der Waals surface area contributed by atoms with Gasteiger partial charge in [-0.1, -0.05) is 24.9 Å². The number of aromatic amines is 3. The van der Waals surface area contributed by atoms with Gasteiger partial charge in [-0.25, -0.2) is 19.9 Å². The molecule has 0 aliphatic heterocycles. The maximum atomic E-state index is 11.1. The fourth-order valence-corrected chi connectivity index (χ4v) is 2.44. The maximum absolute atomic E-state index is 11.1. The van der Waals surface area contributed by atoms with Crippen molar-refractivity contribution in [2.24, 2.45) is 0 Å². The number of H-pyrrole nitrogens is 3. The van der Waals surface area contributed by atoms with Crippen LogP contribution in [0.1, 0.15) is 31.4 Å². The second kappa shape index (κ2) is 6.18. The molecule has 0 atom stereocenters. The van der Waals surface area contributed by atoms with E-state index in [1.807, 2.05) is 4.57 Å². The number of hydrogen-bond acceptors (Lipinski definition) is 4. The molecule has 0 aliphatic carbocycles. The van der Waals surface area contributed by atoms with Gasteiger partial charge >= 0.3 is 5.69 Å². The first-order valence-electron chi connectivity index (χ1n) is 7.06. The number of imidazole rings is 2. The molecule has 3 rings (SSSR count). The Bertz CT molecular complexity index is 812. The third kappa shape index (κ3) is 2.96. The Labute approximate surface area is 131 Å². The third-order valence-electron chi connectivity index (χ3n) is 3.27. The second-order valence-electron chi connectivity index (χ2n) is 4.95. The first-order valence-corrected chi connectivity index (χ1v) is 7.44. The van der Waals surface area contributed by atoms with E-state index < -0.39 is 0 Å². The van der Waals surface area contributed by atoms with Gasteiger partial charge in [-0.05, 0) is 6.42 Å². The summed E-state index contributed by atoms with van der Waals surface area (Å²) in [5.74, 6) is 2.00. The number of halogens is 1. The Kier molecular flexibility index (Phi) is 4.10. The Balaban J connectivity index is 1.88. The van der Waals surface area contributed by atoms with Crippen LogP contribution < -0.4 is 5.69 Å². The van der Waals surface area contributed by atoms with Crippen LogP contribution in [0.15, 0.2) is 17.2 Å². The van der Waals surface area contributed by atoms with Gasteiger partial charge in [0.05, 0.1) is 6.54 Å². The molecule has 0 unspecified atom stereocenters. The quantitative estimate of drug-likeness (QED) is 0.642. The standard InChI is InChI=1S/C13H16ClN7O/c1-2-3-4-8-16-10(11(14)17-8)12-15-5-6-21(12)7-9-18-13(22)20-19-9/h5-6H,2-4,7H2,1H3,(H,16,17)(H2,18,19,20,22). The van der Waals surface area contributed by atoms with Crippen molar-refractivity contribution >= 4 is 11.6 Å². The monoisotopic (exact) mass is 321 g/mol. The summed E-state index contributed by atoms with van der Waals surface area (Å²) in [7, 11) is 0. The van der Waals surface area contributed by atoms with E-state index in [1.54, 1.807) is 12.4 Å². The second-order valence-corrected chi connectivity index (χ2v) is 5.33. The van der Waals surface area contributed by atoms with Gasteiger partial charge in [0.15, 0.2) is 11.6 Å². The average Bonchev–Trinajstić information content (AvgIpc) is 3.18. The number of aryl methyl sites for hydroxylation is 1. The van der Waals surface area contributed by atoms with Gasteiger partial charge in [-0.15, -0.1) is 0 Å². The van der Waals surface area contributed by atoms with Crippen LogP contribution in [0.5, 0.6) is 0 Å². The molecule has 3 aromatic heterocycles. The Morgan fingerprint density at radius 2 is 2.18 bits per heavy atom. The van der Waals surface area contributed by atoms with Gasteiger partial charge in [0.1, 0.15) is 16.7 Å². The Hall–Kier alpha value is -2.35. The Morgan fingerprint density at radius 1 is 1.32 bits per heavy atom. The highest BCUT2D eigenvalue weighted by atomic mass is 35.5. The van der Waals surface area contributed by atoms with Crippen molar-refractivity contribution in [3.63, 3.8) is 0 Å². The fourth-order valence-electron chi connectivity index (χ4n) is 2.20. The SMILES string of the molecule is CCCCc1nc(-c2nccn2Cc2n[nH]c(=O)[nH]2)c(Cl)[nH]1. The van der Waals surface area contributed by atoms with E-state index in [4.69, 9.17) is 11.6 Å². The van der Waals surface area contributed by atoms with Crippen molar-refractivity contribution < 1.29 is 0 Å². The molecule has 0 aliphatic rings. The van der Waals surface area contributed by atoms with Gasteiger partial charge in [-0.2, -0.15) is 5.10 Å². The summed E-state index contributed by atoms with van der Waals surface area (Å²) in [4.78, 5) is 25.6. The molecule has 22 heavy (non-hydrogen) atoms. The molecule has 0 bridgehead atoms. The third-order valence-corrected chi connectivity index (χ3v) is 3.55. The van der Waals surface area contributed by atoms with E-state index >= 15 is 0 Å². The van der Waals surface area contributed by atoms with E-state index in [0.717, 1.165) is 25.1 Å². The van der Waals surface area contributed by atoms with Crippen LogP contribution in [-0.4, -0.2) is 34.7 Å². The average molecular weight is 322 g/mol. The molecule has 0 saturated heterocycles. The number of hydrogen-bond donors (Lipinski definition) is 3. The van der Waals surface area contributed by atoms with Crippen LogP contribution in [0, 0.1) is 0 Å². The lowest BCUT2D eigenvalue weighted by molar-refractivity contribution is 0.749. The zero-order valence-electron chi connectivity index (χ0n) is 12.1. The van der Waals surface area contributed by atoms with Crippen LogP contribution in [0.3, 0.4) is 0 Å². The Morgan fingerprint density at radius 3 is 2.91 bits per heavy atom. The van der Waals surface area contributed by atoms with Gasteiger partial charge in [-0.3, -0.25) is 4.98 Å². The topological polar surface area (TPSA) is 108 Å². The van der Waals surface area contributed by atoms with Crippen LogP contribution in [0.2, 0.25) is 5.15 Å². The molecule has 0 radical (unpaired) electrons.